The van der Waals surface area contributed by atoms with E-state index in [1.54, 1.807) is 18.2 Å². The van der Waals surface area contributed by atoms with Crippen LogP contribution in [0.4, 0.5) is 0 Å². The van der Waals surface area contributed by atoms with Crippen molar-refractivity contribution >= 4 is 11.8 Å². The molecule has 0 aliphatic heterocycles. The van der Waals surface area contributed by atoms with Gasteiger partial charge in [0.2, 0.25) is 0 Å². The smallest absolute Gasteiger partial charge is 0.255 e. The van der Waals surface area contributed by atoms with E-state index in [2.05, 4.69) is 6.92 Å². The Kier molecular flexibility index (Phi) is 5.66. The molecule has 6 heteroatoms. The number of rotatable bonds is 8. The van der Waals surface area contributed by atoms with Gasteiger partial charge < -0.3 is 20.9 Å². The van der Waals surface area contributed by atoms with E-state index in [-0.39, 0.29) is 13.2 Å². The highest BCUT2D eigenvalue weighted by Gasteiger charge is 2.05. The zero-order valence-corrected chi connectivity index (χ0v) is 10.6. The minimum atomic E-state index is -0.567. The van der Waals surface area contributed by atoms with Crippen LogP contribution in [-0.4, -0.2) is 25.0 Å². The van der Waals surface area contributed by atoms with E-state index in [4.69, 9.17) is 20.9 Å². The Bertz CT molecular complexity index is 424. The van der Waals surface area contributed by atoms with Crippen molar-refractivity contribution < 1.29 is 19.1 Å². The minimum absolute atomic E-state index is 0.219. The van der Waals surface area contributed by atoms with Crippen LogP contribution in [0.1, 0.15) is 12.0 Å². The van der Waals surface area contributed by atoms with Gasteiger partial charge in [-0.3, -0.25) is 9.59 Å². The molecule has 0 saturated heterocycles. The predicted octanol–water partition coefficient (Wildman–Crippen LogP) is 0.181. The van der Waals surface area contributed by atoms with Crippen LogP contribution < -0.4 is 20.9 Å². The molecule has 0 spiro atoms. The SMILES string of the molecule is [CH2]CCc1cc(OCC(N)=O)cc(OCC(N)=O)c1. The van der Waals surface area contributed by atoms with E-state index in [1.807, 2.05) is 0 Å². The first-order chi connectivity index (χ1) is 9.01. The Balaban J connectivity index is 2.83. The molecule has 0 atom stereocenters. The lowest BCUT2D eigenvalue weighted by Crippen LogP contribution is -2.21. The number of hydrogen-bond donors (Lipinski definition) is 2. The predicted molar refractivity (Wildman–Crippen MR) is 69.5 cm³/mol. The van der Waals surface area contributed by atoms with Gasteiger partial charge >= 0.3 is 0 Å². The molecule has 0 saturated carbocycles. The molecule has 4 N–H and O–H groups in total. The van der Waals surface area contributed by atoms with Crippen molar-refractivity contribution in [2.75, 3.05) is 13.2 Å². The monoisotopic (exact) mass is 265 g/mol. The van der Waals surface area contributed by atoms with Gasteiger partial charge in [0, 0.05) is 6.07 Å². The topological polar surface area (TPSA) is 105 Å². The number of benzene rings is 1. The molecule has 1 aromatic carbocycles. The molecule has 0 unspecified atom stereocenters. The van der Waals surface area contributed by atoms with E-state index < -0.39 is 11.8 Å². The third kappa shape index (κ3) is 5.76. The lowest BCUT2D eigenvalue weighted by atomic mass is 10.1. The molecule has 1 radical (unpaired) electrons. The standard InChI is InChI=1S/C13H17N2O4/c1-2-3-9-4-10(18-7-12(14)16)6-11(5-9)19-8-13(15)17/h4-6H,1-3,7-8H2,(H2,14,16)(H2,15,17). The maximum absolute atomic E-state index is 10.7. The van der Waals surface area contributed by atoms with E-state index in [9.17, 15) is 9.59 Å². The van der Waals surface area contributed by atoms with Crippen molar-refractivity contribution in [1.82, 2.24) is 0 Å². The second-order valence-electron chi connectivity index (χ2n) is 3.93. The maximum atomic E-state index is 10.7. The number of nitrogens with two attached hydrogens (primary N) is 2. The highest BCUT2D eigenvalue weighted by Crippen LogP contribution is 2.24. The fourth-order valence-corrected chi connectivity index (χ4v) is 1.45. The van der Waals surface area contributed by atoms with Crippen LogP contribution in [0.15, 0.2) is 18.2 Å². The maximum Gasteiger partial charge on any atom is 0.255 e. The normalized spacial score (nSPS) is 9.95. The first-order valence-electron chi connectivity index (χ1n) is 5.76. The third-order valence-corrected chi connectivity index (χ3v) is 2.17. The Labute approximate surface area is 111 Å². The Morgan fingerprint density at radius 2 is 1.47 bits per heavy atom. The number of ether oxygens (including phenoxy) is 2. The lowest BCUT2D eigenvalue weighted by Gasteiger charge is -2.10. The summed E-state index contributed by atoms with van der Waals surface area (Å²) in [7, 11) is 0. The molecule has 0 aliphatic rings. The summed E-state index contributed by atoms with van der Waals surface area (Å²) in [5.74, 6) is -0.238. The van der Waals surface area contributed by atoms with Gasteiger partial charge in [-0.1, -0.05) is 6.92 Å². The molecule has 1 rings (SSSR count). The Morgan fingerprint density at radius 3 is 1.84 bits per heavy atom. The second-order valence-corrected chi connectivity index (χ2v) is 3.93. The summed E-state index contributed by atoms with van der Waals surface area (Å²) in [4.78, 5) is 21.4. The number of carbonyl (C=O) groups excluding carboxylic acids is 2. The fraction of sp³-hybridized carbons (Fsp3) is 0.308. The zero-order valence-electron chi connectivity index (χ0n) is 10.6. The molecule has 1 aromatic rings. The number of primary amides is 2. The van der Waals surface area contributed by atoms with Gasteiger partial charge in [-0.05, 0) is 30.5 Å². The van der Waals surface area contributed by atoms with Crippen LogP contribution in [0.5, 0.6) is 11.5 Å². The summed E-state index contributed by atoms with van der Waals surface area (Å²) in [5, 5.41) is 0. The molecule has 0 aromatic heterocycles. The summed E-state index contributed by atoms with van der Waals surface area (Å²) in [6.07, 6.45) is 1.43. The molecular formula is C13H17N2O4. The van der Waals surface area contributed by atoms with Crippen LogP contribution in [0.3, 0.4) is 0 Å². The summed E-state index contributed by atoms with van der Waals surface area (Å²) < 4.78 is 10.4. The summed E-state index contributed by atoms with van der Waals surface area (Å²) >= 11 is 0. The molecule has 0 aliphatic carbocycles. The highest BCUT2D eigenvalue weighted by atomic mass is 16.5. The second kappa shape index (κ2) is 7.25. The lowest BCUT2D eigenvalue weighted by molar-refractivity contribution is -0.120. The molecular weight excluding hydrogens is 248 g/mol. The first-order valence-corrected chi connectivity index (χ1v) is 5.76. The van der Waals surface area contributed by atoms with Crippen molar-refractivity contribution in [3.63, 3.8) is 0 Å². The number of hydrogen-bond acceptors (Lipinski definition) is 4. The van der Waals surface area contributed by atoms with Crippen LogP contribution in [0.25, 0.3) is 0 Å². The van der Waals surface area contributed by atoms with E-state index >= 15 is 0 Å². The van der Waals surface area contributed by atoms with Gasteiger partial charge in [0.05, 0.1) is 0 Å². The quantitative estimate of drug-likeness (QED) is 0.699. The van der Waals surface area contributed by atoms with Crippen molar-refractivity contribution in [2.45, 2.75) is 12.8 Å². The highest BCUT2D eigenvalue weighted by molar-refractivity contribution is 5.75. The molecule has 2 amide bonds. The van der Waals surface area contributed by atoms with Crippen LogP contribution >= 0.6 is 0 Å². The van der Waals surface area contributed by atoms with Crippen LogP contribution in [-0.2, 0) is 16.0 Å². The van der Waals surface area contributed by atoms with Crippen molar-refractivity contribution in [1.29, 1.82) is 0 Å². The Hall–Kier alpha value is -2.24. The molecule has 0 heterocycles. The first kappa shape index (κ1) is 14.8. The van der Waals surface area contributed by atoms with Gasteiger partial charge in [0.15, 0.2) is 13.2 Å². The van der Waals surface area contributed by atoms with Crippen molar-refractivity contribution in [3.05, 3.63) is 30.7 Å². The van der Waals surface area contributed by atoms with Crippen molar-refractivity contribution in [3.8, 4) is 11.5 Å². The van der Waals surface area contributed by atoms with E-state index in [0.29, 0.717) is 17.9 Å². The number of aryl methyl sites for hydroxylation is 1. The van der Waals surface area contributed by atoms with Gasteiger partial charge in [0.1, 0.15) is 11.5 Å². The van der Waals surface area contributed by atoms with Gasteiger partial charge in [0.25, 0.3) is 11.8 Å². The molecule has 103 valence electrons. The summed E-state index contributed by atoms with van der Waals surface area (Å²) in [6, 6.07) is 5.11. The number of amides is 2. The molecule has 19 heavy (non-hydrogen) atoms. The third-order valence-electron chi connectivity index (χ3n) is 2.17. The van der Waals surface area contributed by atoms with Gasteiger partial charge in [-0.15, -0.1) is 0 Å². The van der Waals surface area contributed by atoms with Gasteiger partial charge in [-0.25, -0.2) is 0 Å². The minimum Gasteiger partial charge on any atom is -0.484 e. The molecule has 0 bridgehead atoms. The van der Waals surface area contributed by atoms with Crippen LogP contribution in [0.2, 0.25) is 0 Å². The zero-order chi connectivity index (χ0) is 14.3. The molecule has 6 nitrogen and oxygen atoms in total. The van der Waals surface area contributed by atoms with Gasteiger partial charge in [-0.2, -0.15) is 0 Å². The molecule has 0 fully saturated rings. The fourth-order valence-electron chi connectivity index (χ4n) is 1.45. The van der Waals surface area contributed by atoms with E-state index in [0.717, 1.165) is 12.0 Å². The Morgan fingerprint density at radius 1 is 1.00 bits per heavy atom. The summed E-state index contributed by atoms with van der Waals surface area (Å²) in [5.41, 5.74) is 10.9. The van der Waals surface area contributed by atoms with Crippen LogP contribution in [0, 0.1) is 6.92 Å². The average Bonchev–Trinajstić information content (AvgIpc) is 2.34. The average molecular weight is 265 g/mol. The number of carbonyl (C=O) groups is 2. The summed E-state index contributed by atoms with van der Waals surface area (Å²) in [6.45, 7) is 3.32. The largest absolute Gasteiger partial charge is 0.484 e. The van der Waals surface area contributed by atoms with Crippen molar-refractivity contribution in [2.24, 2.45) is 11.5 Å². The van der Waals surface area contributed by atoms with E-state index in [1.165, 1.54) is 0 Å².